The molecule has 1 fully saturated rings. The number of nitrogens with one attached hydrogen (secondary N) is 1. The molecule has 0 aliphatic carbocycles. The number of likely N-dealkylation sites (tertiary alicyclic amines) is 1. The summed E-state index contributed by atoms with van der Waals surface area (Å²) in [4.78, 5) is 24.8. The van der Waals surface area contributed by atoms with Crippen LogP contribution in [-0.4, -0.2) is 36.2 Å². The van der Waals surface area contributed by atoms with Crippen LogP contribution in [0.4, 0.5) is 14.0 Å². The van der Waals surface area contributed by atoms with E-state index in [1.54, 1.807) is 13.0 Å². The number of carbonyl (C=O) groups is 2. The van der Waals surface area contributed by atoms with Gasteiger partial charge in [0.25, 0.3) is 0 Å². The van der Waals surface area contributed by atoms with Crippen molar-refractivity contribution in [2.75, 3.05) is 13.1 Å². The average molecular weight is 323 g/mol. The molecule has 0 spiro atoms. The van der Waals surface area contributed by atoms with Gasteiger partial charge >= 0.3 is 12.1 Å². The van der Waals surface area contributed by atoms with Crippen LogP contribution < -0.4 is 11.1 Å². The minimum atomic E-state index is -0.532. The van der Waals surface area contributed by atoms with E-state index in [1.165, 1.54) is 17.0 Å². The summed E-state index contributed by atoms with van der Waals surface area (Å²) in [6.07, 6.45) is 0.176. The number of benzene rings is 1. The van der Waals surface area contributed by atoms with Gasteiger partial charge in [-0.05, 0) is 37.1 Å². The largest absolute Gasteiger partial charge is 0.446 e. The third-order valence-corrected chi connectivity index (χ3v) is 4.02. The van der Waals surface area contributed by atoms with Gasteiger partial charge < -0.3 is 20.7 Å². The molecule has 3 amide bonds. The van der Waals surface area contributed by atoms with Crippen molar-refractivity contribution < 1.29 is 18.7 Å². The van der Waals surface area contributed by atoms with E-state index in [1.807, 2.05) is 6.92 Å². The van der Waals surface area contributed by atoms with E-state index in [4.69, 9.17) is 10.5 Å². The number of alkyl carbamates (subject to hydrolysis) is 1. The van der Waals surface area contributed by atoms with Gasteiger partial charge in [0.2, 0.25) is 0 Å². The fraction of sp³-hybridized carbons (Fsp3) is 0.500. The summed E-state index contributed by atoms with van der Waals surface area (Å²) in [6, 6.07) is 3.56. The molecule has 7 heteroatoms. The van der Waals surface area contributed by atoms with Gasteiger partial charge in [0, 0.05) is 25.9 Å². The van der Waals surface area contributed by atoms with E-state index in [0.29, 0.717) is 25.9 Å². The molecule has 6 nitrogen and oxygen atoms in total. The number of rotatable bonds is 3. The molecule has 126 valence electrons. The highest BCUT2D eigenvalue weighted by molar-refractivity contribution is 5.73. The van der Waals surface area contributed by atoms with E-state index in [9.17, 15) is 14.0 Å². The number of piperidine rings is 1. The molecule has 0 aromatic heterocycles. The Kier molecular flexibility index (Phi) is 5.41. The monoisotopic (exact) mass is 323 g/mol. The lowest BCUT2D eigenvalue weighted by Crippen LogP contribution is -2.46. The fourth-order valence-corrected chi connectivity index (χ4v) is 2.95. The number of nitrogens with two attached hydrogens (primary N) is 1. The first-order valence-electron chi connectivity index (χ1n) is 7.69. The Bertz CT molecular complexity index is 594. The summed E-state index contributed by atoms with van der Waals surface area (Å²) >= 11 is 0. The predicted molar refractivity (Wildman–Crippen MR) is 83.3 cm³/mol. The summed E-state index contributed by atoms with van der Waals surface area (Å²) < 4.78 is 18.7. The Morgan fingerprint density at radius 1 is 1.48 bits per heavy atom. The number of amides is 3. The van der Waals surface area contributed by atoms with Crippen molar-refractivity contribution in [3.05, 3.63) is 35.1 Å². The number of nitrogens with zero attached hydrogens (tertiary/aromatic N) is 1. The lowest BCUT2D eigenvalue weighted by Gasteiger charge is -2.39. The van der Waals surface area contributed by atoms with Crippen molar-refractivity contribution in [2.45, 2.75) is 38.8 Å². The van der Waals surface area contributed by atoms with E-state index >= 15 is 0 Å². The van der Waals surface area contributed by atoms with Gasteiger partial charge in [-0.3, -0.25) is 0 Å². The van der Waals surface area contributed by atoms with Crippen LogP contribution in [0.5, 0.6) is 0 Å². The molecule has 1 aliphatic rings. The van der Waals surface area contributed by atoms with Crippen LogP contribution in [0.15, 0.2) is 18.2 Å². The fourth-order valence-electron chi connectivity index (χ4n) is 2.95. The summed E-state index contributed by atoms with van der Waals surface area (Å²) in [5, 5.41) is 2.58. The molecule has 0 radical (unpaired) electrons. The summed E-state index contributed by atoms with van der Waals surface area (Å²) in [7, 11) is 0. The smallest absolute Gasteiger partial charge is 0.407 e. The van der Waals surface area contributed by atoms with Crippen LogP contribution >= 0.6 is 0 Å². The summed E-state index contributed by atoms with van der Waals surface area (Å²) in [6.45, 7) is 4.47. The van der Waals surface area contributed by atoms with Crippen molar-refractivity contribution in [1.29, 1.82) is 0 Å². The average Bonchev–Trinajstić information content (AvgIpc) is 2.47. The van der Waals surface area contributed by atoms with E-state index in [0.717, 1.165) is 11.1 Å². The van der Waals surface area contributed by atoms with E-state index < -0.39 is 12.1 Å². The highest BCUT2D eigenvalue weighted by Gasteiger charge is 2.34. The van der Waals surface area contributed by atoms with Crippen LogP contribution in [0.2, 0.25) is 0 Å². The van der Waals surface area contributed by atoms with E-state index in [2.05, 4.69) is 5.32 Å². The Morgan fingerprint density at radius 3 is 2.83 bits per heavy atom. The topological polar surface area (TPSA) is 84.7 Å². The van der Waals surface area contributed by atoms with Crippen molar-refractivity contribution in [3.63, 3.8) is 0 Å². The standard InChI is InChI=1S/C16H22FN3O3/c1-3-19-16(22)23-12-6-7-20(15(18)21)14(9-12)13-5-4-11(17)8-10(13)2/h4-5,8,12,14H,3,6-7,9H2,1-2H3,(H2,18,21)(H,19,22). The van der Waals surface area contributed by atoms with Gasteiger partial charge in [-0.2, -0.15) is 0 Å². The Morgan fingerprint density at radius 2 is 2.22 bits per heavy atom. The Hall–Kier alpha value is -2.31. The third-order valence-electron chi connectivity index (χ3n) is 4.02. The first kappa shape index (κ1) is 17.1. The molecule has 1 heterocycles. The Labute approximate surface area is 134 Å². The first-order chi connectivity index (χ1) is 10.9. The molecule has 0 saturated carbocycles. The molecule has 3 N–H and O–H groups in total. The molecular weight excluding hydrogens is 301 g/mol. The van der Waals surface area contributed by atoms with Crippen molar-refractivity contribution in [3.8, 4) is 0 Å². The Balaban J connectivity index is 2.20. The highest BCUT2D eigenvalue weighted by Crippen LogP contribution is 2.34. The van der Waals surface area contributed by atoms with Gasteiger partial charge in [-0.25, -0.2) is 14.0 Å². The van der Waals surface area contributed by atoms with Crippen molar-refractivity contribution in [1.82, 2.24) is 10.2 Å². The maximum absolute atomic E-state index is 13.3. The number of urea groups is 1. The molecular formula is C16H22FN3O3. The maximum Gasteiger partial charge on any atom is 0.407 e. The first-order valence-corrected chi connectivity index (χ1v) is 7.69. The minimum Gasteiger partial charge on any atom is -0.446 e. The number of aryl methyl sites for hydroxylation is 1. The van der Waals surface area contributed by atoms with Crippen LogP contribution in [0.25, 0.3) is 0 Å². The van der Waals surface area contributed by atoms with Crippen molar-refractivity contribution in [2.24, 2.45) is 5.73 Å². The van der Waals surface area contributed by atoms with Crippen LogP contribution in [0, 0.1) is 12.7 Å². The molecule has 2 rings (SSSR count). The number of ether oxygens (including phenoxy) is 1. The van der Waals surface area contributed by atoms with Gasteiger partial charge in [0.05, 0.1) is 6.04 Å². The number of primary amides is 1. The second-order valence-corrected chi connectivity index (χ2v) is 5.63. The molecule has 23 heavy (non-hydrogen) atoms. The molecule has 1 saturated heterocycles. The molecule has 0 bridgehead atoms. The number of hydrogen-bond donors (Lipinski definition) is 2. The summed E-state index contributed by atoms with van der Waals surface area (Å²) in [5.41, 5.74) is 7.01. The SMILES string of the molecule is CCNC(=O)OC1CCN(C(N)=O)C(c2ccc(F)cc2C)C1. The molecule has 1 aromatic carbocycles. The minimum absolute atomic E-state index is 0.313. The van der Waals surface area contributed by atoms with Gasteiger partial charge in [-0.1, -0.05) is 6.07 Å². The quantitative estimate of drug-likeness (QED) is 0.896. The number of halogens is 1. The van der Waals surface area contributed by atoms with Crippen molar-refractivity contribution >= 4 is 12.1 Å². The van der Waals surface area contributed by atoms with Gasteiger partial charge in [-0.15, -0.1) is 0 Å². The van der Waals surface area contributed by atoms with E-state index in [-0.39, 0.29) is 18.0 Å². The van der Waals surface area contributed by atoms with Crippen LogP contribution in [0.3, 0.4) is 0 Å². The zero-order valence-corrected chi connectivity index (χ0v) is 13.3. The molecule has 1 aromatic rings. The predicted octanol–water partition coefficient (Wildman–Crippen LogP) is 2.46. The zero-order valence-electron chi connectivity index (χ0n) is 13.3. The third kappa shape index (κ3) is 4.12. The van der Waals surface area contributed by atoms with Gasteiger partial charge in [0.15, 0.2) is 0 Å². The normalized spacial score (nSPS) is 20.9. The highest BCUT2D eigenvalue weighted by atomic mass is 19.1. The van der Waals surface area contributed by atoms with Gasteiger partial charge in [0.1, 0.15) is 11.9 Å². The zero-order chi connectivity index (χ0) is 17.0. The summed E-state index contributed by atoms with van der Waals surface area (Å²) in [5.74, 6) is -0.331. The second kappa shape index (κ2) is 7.30. The maximum atomic E-state index is 13.3. The molecule has 1 aliphatic heterocycles. The number of carbonyl (C=O) groups excluding carboxylic acids is 2. The second-order valence-electron chi connectivity index (χ2n) is 5.63. The number of hydrogen-bond acceptors (Lipinski definition) is 3. The lowest BCUT2D eigenvalue weighted by molar-refractivity contribution is 0.0372. The molecule has 2 unspecified atom stereocenters. The van der Waals surface area contributed by atoms with Crippen LogP contribution in [0.1, 0.15) is 36.9 Å². The lowest BCUT2D eigenvalue weighted by atomic mass is 9.91. The van der Waals surface area contributed by atoms with Crippen LogP contribution in [-0.2, 0) is 4.74 Å². The molecule has 2 atom stereocenters.